The van der Waals surface area contributed by atoms with Crippen molar-refractivity contribution in [1.29, 1.82) is 0 Å². The van der Waals surface area contributed by atoms with Crippen molar-refractivity contribution in [2.24, 2.45) is 7.05 Å². The highest BCUT2D eigenvalue weighted by atomic mass is 32.2. The van der Waals surface area contributed by atoms with Crippen LogP contribution in [0.4, 0.5) is 13.2 Å². The van der Waals surface area contributed by atoms with Crippen LogP contribution >= 0.6 is 0 Å². The normalized spacial score (nSPS) is 16.4. The van der Waals surface area contributed by atoms with Crippen LogP contribution in [0.1, 0.15) is 25.8 Å². The summed E-state index contributed by atoms with van der Waals surface area (Å²) in [7, 11) is -4.04. The average molecular weight is 655 g/mol. The van der Waals surface area contributed by atoms with E-state index < -0.39 is 32.0 Å². The third kappa shape index (κ3) is 6.77. The fourth-order valence-corrected chi connectivity index (χ4v) is 7.58. The molecule has 3 aromatic heterocycles. The number of nitrogens with one attached hydrogen (secondary N) is 1. The topological polar surface area (TPSA) is 128 Å². The molecule has 5 rings (SSSR count). The van der Waals surface area contributed by atoms with Crippen molar-refractivity contribution in [3.05, 3.63) is 54.5 Å². The van der Waals surface area contributed by atoms with Gasteiger partial charge in [0.1, 0.15) is 11.4 Å². The molecule has 0 saturated carbocycles. The smallest absolute Gasteiger partial charge is 0.406 e. The van der Waals surface area contributed by atoms with Gasteiger partial charge in [0.15, 0.2) is 9.84 Å². The van der Waals surface area contributed by atoms with E-state index in [4.69, 9.17) is 4.98 Å². The number of aryl methyl sites for hydroxylation is 2. The van der Waals surface area contributed by atoms with Gasteiger partial charge < -0.3 is 4.74 Å². The quantitative estimate of drug-likeness (QED) is 0.290. The number of aromatic nitrogens is 4. The van der Waals surface area contributed by atoms with Gasteiger partial charge in [-0.05, 0) is 69.6 Å². The molecule has 1 fully saturated rings. The number of sulfonamides is 1. The fraction of sp³-hybridized carbons (Fsp3) is 0.429. The Bertz CT molecular complexity index is 1890. The molecule has 1 saturated heterocycles. The molecule has 11 nitrogen and oxygen atoms in total. The van der Waals surface area contributed by atoms with Gasteiger partial charge in [0, 0.05) is 49.0 Å². The molecule has 0 radical (unpaired) electrons. The molecular weight excluding hydrogens is 621 g/mol. The Morgan fingerprint density at radius 1 is 1.07 bits per heavy atom. The first-order chi connectivity index (χ1) is 20.5. The largest absolute Gasteiger partial charge is 0.573 e. The van der Waals surface area contributed by atoms with Crippen molar-refractivity contribution < 1.29 is 34.7 Å². The van der Waals surface area contributed by atoms with E-state index >= 15 is 0 Å². The lowest BCUT2D eigenvalue weighted by molar-refractivity contribution is -0.274. The third-order valence-corrected chi connectivity index (χ3v) is 11.0. The Balaban J connectivity index is 1.62. The number of rotatable bonds is 9. The van der Waals surface area contributed by atoms with Gasteiger partial charge in [-0.3, -0.25) is 14.1 Å². The minimum absolute atomic E-state index is 0.0323. The first kappa shape index (κ1) is 31.9. The van der Waals surface area contributed by atoms with E-state index in [1.165, 1.54) is 25.2 Å². The molecule has 0 atom stereocenters. The molecule has 0 bridgehead atoms. The fourth-order valence-electron chi connectivity index (χ4n) is 5.40. The molecule has 4 aromatic rings. The van der Waals surface area contributed by atoms with E-state index in [0.717, 1.165) is 12.1 Å². The Kier molecular flexibility index (Phi) is 8.33. The third-order valence-electron chi connectivity index (χ3n) is 7.92. The van der Waals surface area contributed by atoms with Crippen LogP contribution in [-0.2, 0) is 33.3 Å². The maximum atomic E-state index is 13.4. The SMILES string of the molecule is CNS(=O)(=O)c1cc(-c2ccc(OC(F)(F)F)cc2)nc2c1c(CCC(C)(C)N1CCS(=O)(=O)CC1)cn2-c1cnn(C)c1. The molecule has 1 aliphatic heterocycles. The summed E-state index contributed by atoms with van der Waals surface area (Å²) in [5.41, 5.74) is 1.91. The van der Waals surface area contributed by atoms with Crippen molar-refractivity contribution in [3.8, 4) is 22.7 Å². The summed E-state index contributed by atoms with van der Waals surface area (Å²) in [6, 6.07) is 6.45. The number of pyridine rings is 1. The lowest BCUT2D eigenvalue weighted by atomic mass is 9.93. The Morgan fingerprint density at radius 2 is 1.73 bits per heavy atom. The van der Waals surface area contributed by atoms with Crippen LogP contribution < -0.4 is 9.46 Å². The van der Waals surface area contributed by atoms with Gasteiger partial charge in [-0.1, -0.05) is 0 Å². The van der Waals surface area contributed by atoms with Crippen LogP contribution in [0.15, 0.2) is 53.8 Å². The Labute approximate surface area is 253 Å². The summed E-state index contributed by atoms with van der Waals surface area (Å²) < 4.78 is 98.7. The number of ether oxygens (including phenoxy) is 1. The van der Waals surface area contributed by atoms with Crippen LogP contribution in [0.25, 0.3) is 28.0 Å². The molecule has 0 unspecified atom stereocenters. The second-order valence-corrected chi connectivity index (χ2v) is 15.5. The lowest BCUT2D eigenvalue weighted by Crippen LogP contribution is -2.51. The zero-order valence-corrected chi connectivity index (χ0v) is 26.2. The van der Waals surface area contributed by atoms with Crippen LogP contribution in [0.5, 0.6) is 5.75 Å². The molecule has 1 N–H and O–H groups in total. The molecule has 16 heteroatoms. The van der Waals surface area contributed by atoms with E-state index in [9.17, 15) is 30.0 Å². The molecule has 44 heavy (non-hydrogen) atoms. The van der Waals surface area contributed by atoms with Gasteiger partial charge in [0.2, 0.25) is 10.0 Å². The zero-order chi connectivity index (χ0) is 32.1. The number of halogens is 3. The number of benzene rings is 1. The van der Waals surface area contributed by atoms with E-state index in [1.807, 2.05) is 20.0 Å². The van der Waals surface area contributed by atoms with Crippen LogP contribution in [-0.4, -0.2) is 84.6 Å². The van der Waals surface area contributed by atoms with E-state index in [1.54, 1.807) is 28.7 Å². The van der Waals surface area contributed by atoms with Gasteiger partial charge in [-0.2, -0.15) is 5.10 Å². The second kappa shape index (κ2) is 11.5. The number of alkyl halides is 3. The predicted octanol–water partition coefficient (Wildman–Crippen LogP) is 3.67. The highest BCUT2D eigenvalue weighted by Crippen LogP contribution is 2.36. The number of fused-ring (bicyclic) bond motifs is 1. The summed E-state index contributed by atoms with van der Waals surface area (Å²) in [6.45, 7) is 4.92. The number of hydrogen-bond acceptors (Lipinski definition) is 8. The molecule has 0 amide bonds. The summed E-state index contributed by atoms with van der Waals surface area (Å²) >= 11 is 0. The average Bonchev–Trinajstić information content (AvgIpc) is 3.54. The molecule has 0 spiro atoms. The minimum Gasteiger partial charge on any atom is -0.406 e. The zero-order valence-electron chi connectivity index (χ0n) is 24.6. The summed E-state index contributed by atoms with van der Waals surface area (Å²) in [4.78, 5) is 6.92. The standard InChI is InChI=1S/C28H33F3N6O5S2/c1-27(2,36-11-13-43(38,39)14-12-36)10-9-20-17-37(21-16-33-35(4)18-21)26-25(20)24(44(40,41)32-3)15-23(34-26)19-5-7-22(8-6-19)42-28(29,30)31/h5-8,15-18,32H,9-14H2,1-4H3. The Morgan fingerprint density at radius 3 is 2.30 bits per heavy atom. The van der Waals surface area contributed by atoms with Gasteiger partial charge in [0.25, 0.3) is 0 Å². The summed E-state index contributed by atoms with van der Waals surface area (Å²) in [5, 5.41) is 4.65. The van der Waals surface area contributed by atoms with Crippen molar-refractivity contribution in [2.75, 3.05) is 31.6 Å². The molecule has 0 aliphatic carbocycles. The number of hydrogen-bond donors (Lipinski definition) is 1. The molecule has 1 aromatic carbocycles. The highest BCUT2D eigenvalue weighted by molar-refractivity contribution is 7.91. The Hall–Kier alpha value is -3.47. The minimum atomic E-state index is -4.85. The van der Waals surface area contributed by atoms with Crippen molar-refractivity contribution in [1.82, 2.24) is 29.0 Å². The first-order valence-electron chi connectivity index (χ1n) is 13.8. The first-order valence-corrected chi connectivity index (χ1v) is 17.1. The van der Waals surface area contributed by atoms with Gasteiger partial charge in [-0.25, -0.2) is 26.5 Å². The van der Waals surface area contributed by atoms with E-state index in [-0.39, 0.29) is 27.6 Å². The summed E-state index contributed by atoms with van der Waals surface area (Å²) in [5.74, 6) is -0.227. The van der Waals surface area contributed by atoms with Gasteiger partial charge in [-0.15, -0.1) is 13.2 Å². The predicted molar refractivity (Wildman–Crippen MR) is 159 cm³/mol. The van der Waals surface area contributed by atoms with Crippen LogP contribution in [0.2, 0.25) is 0 Å². The van der Waals surface area contributed by atoms with E-state index in [2.05, 4.69) is 19.5 Å². The molecule has 4 heterocycles. The van der Waals surface area contributed by atoms with Crippen molar-refractivity contribution >= 4 is 30.9 Å². The second-order valence-electron chi connectivity index (χ2n) is 11.3. The molecule has 238 valence electrons. The van der Waals surface area contributed by atoms with Crippen LogP contribution in [0, 0.1) is 0 Å². The monoisotopic (exact) mass is 654 g/mol. The maximum absolute atomic E-state index is 13.4. The molecule has 1 aliphatic rings. The number of nitrogens with zero attached hydrogens (tertiary/aromatic N) is 5. The highest BCUT2D eigenvalue weighted by Gasteiger charge is 2.33. The van der Waals surface area contributed by atoms with E-state index in [0.29, 0.717) is 53.8 Å². The van der Waals surface area contributed by atoms with Gasteiger partial charge in [0.05, 0.1) is 34.0 Å². The van der Waals surface area contributed by atoms with Crippen molar-refractivity contribution in [2.45, 2.75) is 43.5 Å². The number of sulfone groups is 1. The molecular formula is C28H33F3N6O5S2. The summed E-state index contributed by atoms with van der Waals surface area (Å²) in [6.07, 6.45) is 1.39. The van der Waals surface area contributed by atoms with Crippen LogP contribution in [0.3, 0.4) is 0 Å². The van der Waals surface area contributed by atoms with Crippen molar-refractivity contribution in [3.63, 3.8) is 0 Å². The van der Waals surface area contributed by atoms with Gasteiger partial charge >= 0.3 is 6.36 Å². The maximum Gasteiger partial charge on any atom is 0.573 e. The lowest BCUT2D eigenvalue weighted by Gasteiger charge is -2.41.